The van der Waals surface area contributed by atoms with Gasteiger partial charge in [0, 0.05) is 14.7 Å². The van der Waals surface area contributed by atoms with Crippen molar-refractivity contribution in [1.29, 1.82) is 0 Å². The second kappa shape index (κ2) is 5.25. The number of nitrogens with zero attached hydrogens (tertiary/aromatic N) is 1. The quantitative estimate of drug-likeness (QED) is 0.615. The van der Waals surface area contributed by atoms with Crippen LogP contribution in [0.2, 0.25) is 0 Å². The summed E-state index contributed by atoms with van der Waals surface area (Å²) >= 11 is 1.90. The molecule has 1 heterocycles. The molecule has 3 rings (SSSR count). The van der Waals surface area contributed by atoms with Crippen molar-refractivity contribution < 1.29 is 19.5 Å². The topological polar surface area (TPSA) is 74.7 Å². The first-order chi connectivity index (χ1) is 10.0. The fourth-order valence-electron chi connectivity index (χ4n) is 2.79. The van der Waals surface area contributed by atoms with Crippen LogP contribution in [0.3, 0.4) is 0 Å². The number of carboxylic acids is 1. The lowest BCUT2D eigenvalue weighted by molar-refractivity contribution is -0.120. The normalized spacial score (nSPS) is 18.2. The summed E-state index contributed by atoms with van der Waals surface area (Å²) in [6, 6.07) is 4.51. The number of carbonyl (C=O) groups is 3. The van der Waals surface area contributed by atoms with Crippen molar-refractivity contribution in [3.8, 4) is 0 Å². The molecule has 1 aliphatic carbocycles. The van der Waals surface area contributed by atoms with Gasteiger partial charge in [0.05, 0.1) is 11.3 Å². The lowest BCUT2D eigenvalue weighted by Crippen LogP contribution is -2.31. The van der Waals surface area contributed by atoms with Crippen LogP contribution in [0.1, 0.15) is 36.0 Å². The Balaban J connectivity index is 1.99. The van der Waals surface area contributed by atoms with Gasteiger partial charge in [-0.15, -0.1) is 0 Å². The van der Waals surface area contributed by atoms with Crippen LogP contribution in [-0.4, -0.2) is 22.9 Å². The van der Waals surface area contributed by atoms with Crippen molar-refractivity contribution in [2.24, 2.45) is 0 Å². The maximum atomic E-state index is 12.4. The molecule has 0 fully saturated rings. The van der Waals surface area contributed by atoms with Crippen molar-refractivity contribution in [3.63, 3.8) is 0 Å². The summed E-state index contributed by atoms with van der Waals surface area (Å²) in [5.74, 6) is -1.54. The molecule has 0 radical (unpaired) electrons. The molecule has 108 valence electrons. The fourth-order valence-corrected chi connectivity index (χ4v) is 3.52. The molecule has 2 amide bonds. The number of amides is 2. The minimum atomic E-state index is -1.03. The zero-order chi connectivity index (χ0) is 15.1. The highest BCUT2D eigenvalue weighted by Gasteiger charge is 2.39. The SMILES string of the molecule is O=C(O)c1ccc(N2C(=O)C3=C(CCCC3)C2=O)cc1I. The zero-order valence-electron chi connectivity index (χ0n) is 11.1. The maximum absolute atomic E-state index is 12.4. The van der Waals surface area contributed by atoms with Crippen LogP contribution in [0, 0.1) is 3.57 Å². The van der Waals surface area contributed by atoms with Crippen LogP contribution in [0.15, 0.2) is 29.3 Å². The minimum Gasteiger partial charge on any atom is -0.478 e. The van der Waals surface area contributed by atoms with E-state index in [1.807, 2.05) is 22.6 Å². The Labute approximate surface area is 134 Å². The van der Waals surface area contributed by atoms with E-state index in [4.69, 9.17) is 5.11 Å². The van der Waals surface area contributed by atoms with Gasteiger partial charge in [-0.1, -0.05) is 0 Å². The summed E-state index contributed by atoms with van der Waals surface area (Å²) in [5, 5.41) is 9.03. The third-order valence-corrected chi connectivity index (χ3v) is 4.72. The average Bonchev–Trinajstić information content (AvgIpc) is 2.71. The lowest BCUT2D eigenvalue weighted by Gasteiger charge is -2.16. The Morgan fingerprint density at radius 3 is 2.14 bits per heavy atom. The smallest absolute Gasteiger partial charge is 0.336 e. The van der Waals surface area contributed by atoms with Crippen LogP contribution in [0.4, 0.5) is 5.69 Å². The van der Waals surface area contributed by atoms with Crippen molar-refractivity contribution in [1.82, 2.24) is 0 Å². The van der Waals surface area contributed by atoms with Crippen molar-refractivity contribution in [3.05, 3.63) is 38.5 Å². The first-order valence-electron chi connectivity index (χ1n) is 6.64. The Kier molecular flexibility index (Phi) is 3.56. The largest absolute Gasteiger partial charge is 0.478 e. The maximum Gasteiger partial charge on any atom is 0.336 e. The Hall–Kier alpha value is -1.70. The highest BCUT2D eigenvalue weighted by molar-refractivity contribution is 14.1. The number of halogens is 1. The van der Waals surface area contributed by atoms with Gasteiger partial charge in [0.1, 0.15) is 0 Å². The molecule has 0 bridgehead atoms. The van der Waals surface area contributed by atoms with Crippen LogP contribution >= 0.6 is 22.6 Å². The Morgan fingerprint density at radius 1 is 1.10 bits per heavy atom. The van der Waals surface area contributed by atoms with E-state index >= 15 is 0 Å². The number of rotatable bonds is 2. The number of hydrogen-bond donors (Lipinski definition) is 1. The fraction of sp³-hybridized carbons (Fsp3) is 0.267. The third kappa shape index (κ3) is 2.27. The standard InChI is InChI=1S/C15H12INO4/c16-12-7-8(5-6-11(12)15(20)21)17-13(18)9-3-1-2-4-10(9)14(17)19/h5-7H,1-4H2,(H,20,21). The van der Waals surface area contributed by atoms with Crippen LogP contribution < -0.4 is 4.90 Å². The average molecular weight is 397 g/mol. The molecule has 1 aliphatic heterocycles. The van der Waals surface area contributed by atoms with Crippen LogP contribution in [0.5, 0.6) is 0 Å². The van der Waals surface area contributed by atoms with Crippen molar-refractivity contribution in [2.45, 2.75) is 25.7 Å². The van der Waals surface area contributed by atoms with E-state index in [0.29, 0.717) is 33.2 Å². The minimum absolute atomic E-state index is 0.163. The predicted octanol–water partition coefficient (Wildman–Crippen LogP) is 2.73. The van der Waals surface area contributed by atoms with Crippen LogP contribution in [0.25, 0.3) is 0 Å². The van der Waals surface area contributed by atoms with E-state index in [0.717, 1.165) is 12.8 Å². The highest BCUT2D eigenvalue weighted by atomic mass is 127. The molecule has 1 aromatic rings. The zero-order valence-corrected chi connectivity index (χ0v) is 13.2. The second-order valence-corrected chi connectivity index (χ2v) is 6.24. The number of benzene rings is 1. The molecule has 0 unspecified atom stereocenters. The predicted molar refractivity (Wildman–Crippen MR) is 84.1 cm³/mol. The van der Waals surface area contributed by atoms with Gasteiger partial charge in [-0.05, 0) is 66.5 Å². The highest BCUT2D eigenvalue weighted by Crippen LogP contribution is 2.36. The van der Waals surface area contributed by atoms with Gasteiger partial charge in [0.2, 0.25) is 0 Å². The van der Waals surface area contributed by atoms with E-state index < -0.39 is 5.97 Å². The van der Waals surface area contributed by atoms with Gasteiger partial charge < -0.3 is 5.11 Å². The molecule has 1 aromatic carbocycles. The molecule has 6 heteroatoms. The van der Waals surface area contributed by atoms with Gasteiger partial charge in [-0.3, -0.25) is 9.59 Å². The first-order valence-corrected chi connectivity index (χ1v) is 7.72. The Morgan fingerprint density at radius 2 is 1.67 bits per heavy atom. The van der Waals surface area contributed by atoms with Gasteiger partial charge in [-0.25, -0.2) is 9.69 Å². The van der Waals surface area contributed by atoms with Gasteiger partial charge in [-0.2, -0.15) is 0 Å². The number of imide groups is 1. The van der Waals surface area contributed by atoms with Gasteiger partial charge in [0.15, 0.2) is 0 Å². The number of anilines is 1. The van der Waals surface area contributed by atoms with E-state index in [9.17, 15) is 14.4 Å². The molecule has 0 aromatic heterocycles. The summed E-state index contributed by atoms with van der Waals surface area (Å²) in [6.45, 7) is 0. The van der Waals surface area contributed by atoms with E-state index in [2.05, 4.69) is 0 Å². The number of carboxylic acid groups (broad SMARTS) is 1. The number of carbonyl (C=O) groups excluding carboxylic acids is 2. The van der Waals surface area contributed by atoms with Crippen molar-refractivity contribution >= 4 is 46.1 Å². The molecule has 5 nitrogen and oxygen atoms in total. The molecule has 1 N–H and O–H groups in total. The number of hydrogen-bond acceptors (Lipinski definition) is 3. The summed E-state index contributed by atoms with van der Waals surface area (Å²) < 4.78 is 0.503. The van der Waals surface area contributed by atoms with Crippen LogP contribution in [-0.2, 0) is 9.59 Å². The first kappa shape index (κ1) is 14.2. The monoisotopic (exact) mass is 397 g/mol. The van der Waals surface area contributed by atoms with Crippen molar-refractivity contribution in [2.75, 3.05) is 4.90 Å². The molecule has 0 saturated heterocycles. The van der Waals surface area contributed by atoms with Gasteiger partial charge in [0.25, 0.3) is 11.8 Å². The second-order valence-electron chi connectivity index (χ2n) is 5.08. The summed E-state index contributed by atoms with van der Waals surface area (Å²) in [5.41, 5.74) is 1.86. The Bertz CT molecular complexity index is 680. The molecule has 2 aliphatic rings. The van der Waals surface area contributed by atoms with E-state index in [-0.39, 0.29) is 17.4 Å². The molecule has 21 heavy (non-hydrogen) atoms. The van der Waals surface area contributed by atoms with E-state index in [1.54, 1.807) is 6.07 Å². The summed E-state index contributed by atoms with van der Waals surface area (Å²) in [4.78, 5) is 37.0. The molecule has 0 saturated carbocycles. The summed E-state index contributed by atoms with van der Waals surface area (Å²) in [7, 11) is 0. The van der Waals surface area contributed by atoms with E-state index in [1.165, 1.54) is 17.0 Å². The third-order valence-electron chi connectivity index (χ3n) is 3.83. The molecule has 0 atom stereocenters. The molecule has 0 spiro atoms. The van der Waals surface area contributed by atoms with Gasteiger partial charge >= 0.3 is 5.97 Å². The molecular weight excluding hydrogens is 385 g/mol. The lowest BCUT2D eigenvalue weighted by atomic mass is 9.93. The molecular formula is C15H12INO4. The number of aromatic carboxylic acids is 1. The summed E-state index contributed by atoms with van der Waals surface area (Å²) in [6.07, 6.45) is 3.17.